The fourth-order valence-corrected chi connectivity index (χ4v) is 2.57. The summed E-state index contributed by atoms with van der Waals surface area (Å²) in [6.45, 7) is 2.14. The molecule has 1 fully saturated rings. The largest absolute Gasteiger partial charge is 0.399 e. The van der Waals surface area contributed by atoms with E-state index in [1.165, 1.54) is 5.56 Å². The molecule has 1 heterocycles. The van der Waals surface area contributed by atoms with Gasteiger partial charge in [-0.15, -0.1) is 0 Å². The lowest BCUT2D eigenvalue weighted by Gasteiger charge is -2.38. The van der Waals surface area contributed by atoms with E-state index in [4.69, 9.17) is 16.4 Å². The van der Waals surface area contributed by atoms with Gasteiger partial charge in [0.25, 0.3) is 0 Å². The van der Waals surface area contributed by atoms with Gasteiger partial charge in [-0.1, -0.05) is 28.9 Å². The van der Waals surface area contributed by atoms with Gasteiger partial charge in [0.1, 0.15) is 7.11 Å². The number of hydrogen-bond donors (Lipinski definition) is 0. The molecule has 0 saturated carbocycles. The molecule has 3 nitrogen and oxygen atoms in total. The molecule has 0 radical (unpaired) electrons. The van der Waals surface area contributed by atoms with Crippen molar-refractivity contribution in [1.82, 2.24) is 4.90 Å². The topological polar surface area (TPSA) is 24.8 Å². The summed E-state index contributed by atoms with van der Waals surface area (Å²) < 4.78 is 0. The molecule has 1 aliphatic heterocycles. The molecule has 4 heteroatoms. The zero-order valence-electron chi connectivity index (χ0n) is 10.9. The van der Waals surface area contributed by atoms with Crippen molar-refractivity contribution >= 4 is 17.8 Å². The summed E-state index contributed by atoms with van der Waals surface area (Å²) in [7, 11) is 3.74. The Labute approximate surface area is 113 Å². The molecule has 0 unspecified atom stereocenters. The minimum atomic E-state index is -0.0207. The van der Waals surface area contributed by atoms with Crippen LogP contribution < -0.4 is 0 Å². The van der Waals surface area contributed by atoms with Crippen LogP contribution in [0.25, 0.3) is 0 Å². The predicted octanol–water partition coefficient (Wildman–Crippen LogP) is 2.94. The van der Waals surface area contributed by atoms with Crippen molar-refractivity contribution in [1.29, 1.82) is 0 Å². The number of rotatable bonds is 3. The molecule has 2 rings (SSSR count). The summed E-state index contributed by atoms with van der Waals surface area (Å²) in [6.07, 6.45) is 4.05. The lowest BCUT2D eigenvalue weighted by atomic mass is 9.74. The molecular weight excluding hydrogens is 248 g/mol. The van der Waals surface area contributed by atoms with Gasteiger partial charge in [-0.3, -0.25) is 0 Å². The summed E-state index contributed by atoms with van der Waals surface area (Å²) in [5.74, 6) is 0. The van der Waals surface area contributed by atoms with E-state index in [9.17, 15) is 0 Å². The first-order chi connectivity index (χ1) is 8.66. The van der Waals surface area contributed by atoms with Crippen LogP contribution in [0, 0.1) is 0 Å². The van der Waals surface area contributed by atoms with Gasteiger partial charge in [-0.2, -0.15) is 0 Å². The van der Waals surface area contributed by atoms with E-state index in [0.717, 1.165) is 31.0 Å². The van der Waals surface area contributed by atoms with Crippen molar-refractivity contribution in [2.45, 2.75) is 18.3 Å². The maximum Gasteiger partial charge on any atom is 0.106 e. The lowest BCUT2D eigenvalue weighted by molar-refractivity contribution is 0.200. The fraction of sp³-hybridized carbons (Fsp3) is 0.500. The number of oxime groups is 1. The highest BCUT2D eigenvalue weighted by Gasteiger charge is 2.34. The molecule has 0 aliphatic carbocycles. The first-order valence-corrected chi connectivity index (χ1v) is 6.56. The quantitative estimate of drug-likeness (QED) is 0.621. The Balaban J connectivity index is 2.30. The Bertz CT molecular complexity index is 408. The van der Waals surface area contributed by atoms with Crippen LogP contribution in [0.2, 0.25) is 5.02 Å². The average Bonchev–Trinajstić information content (AvgIpc) is 2.40. The minimum Gasteiger partial charge on any atom is -0.399 e. The highest BCUT2D eigenvalue weighted by Crippen LogP contribution is 2.34. The second-order valence-corrected chi connectivity index (χ2v) is 5.32. The number of benzene rings is 1. The van der Waals surface area contributed by atoms with E-state index in [1.54, 1.807) is 7.11 Å². The zero-order valence-corrected chi connectivity index (χ0v) is 11.7. The van der Waals surface area contributed by atoms with Crippen LogP contribution in [-0.4, -0.2) is 38.4 Å². The maximum atomic E-state index is 5.96. The van der Waals surface area contributed by atoms with Crippen LogP contribution in [0.4, 0.5) is 0 Å². The minimum absolute atomic E-state index is 0.0207. The molecule has 0 aromatic heterocycles. The normalized spacial score (nSPS) is 20.2. The Kier molecular flexibility index (Phi) is 4.25. The van der Waals surface area contributed by atoms with E-state index < -0.39 is 0 Å². The molecule has 0 spiro atoms. The van der Waals surface area contributed by atoms with Crippen LogP contribution in [0.15, 0.2) is 29.4 Å². The number of nitrogens with zero attached hydrogens (tertiary/aromatic N) is 2. The third kappa shape index (κ3) is 2.85. The Morgan fingerprint density at radius 3 is 2.44 bits per heavy atom. The second kappa shape index (κ2) is 5.72. The Morgan fingerprint density at radius 1 is 1.28 bits per heavy atom. The molecule has 1 saturated heterocycles. The van der Waals surface area contributed by atoms with Crippen molar-refractivity contribution in [3.05, 3.63) is 34.9 Å². The van der Waals surface area contributed by atoms with Crippen LogP contribution >= 0.6 is 11.6 Å². The first-order valence-electron chi connectivity index (χ1n) is 6.18. The van der Waals surface area contributed by atoms with Gasteiger partial charge in [-0.05, 0) is 50.7 Å². The van der Waals surface area contributed by atoms with Gasteiger partial charge in [0.2, 0.25) is 0 Å². The van der Waals surface area contributed by atoms with Crippen LogP contribution in [0.1, 0.15) is 18.4 Å². The van der Waals surface area contributed by atoms with Gasteiger partial charge < -0.3 is 9.74 Å². The van der Waals surface area contributed by atoms with Gasteiger partial charge in [-0.25, -0.2) is 0 Å². The molecule has 1 aromatic carbocycles. The standard InChI is InChI=1S/C14H19ClN2O/c1-17-9-7-14(8-10-17,11-16-18-2)12-3-5-13(15)6-4-12/h3-6,11H,7-10H2,1-2H3. The zero-order chi connectivity index (χ0) is 13.0. The van der Waals surface area contributed by atoms with Crippen LogP contribution in [0.5, 0.6) is 0 Å². The fourth-order valence-electron chi connectivity index (χ4n) is 2.45. The van der Waals surface area contributed by atoms with Gasteiger partial charge in [0, 0.05) is 10.4 Å². The molecule has 0 amide bonds. The molecule has 0 bridgehead atoms. The summed E-state index contributed by atoms with van der Waals surface area (Å²) in [6, 6.07) is 8.07. The monoisotopic (exact) mass is 266 g/mol. The summed E-state index contributed by atoms with van der Waals surface area (Å²) in [4.78, 5) is 7.21. The van der Waals surface area contributed by atoms with Gasteiger partial charge >= 0.3 is 0 Å². The van der Waals surface area contributed by atoms with E-state index in [2.05, 4.69) is 29.2 Å². The lowest BCUT2D eigenvalue weighted by Crippen LogP contribution is -2.42. The smallest absolute Gasteiger partial charge is 0.106 e. The third-order valence-corrected chi connectivity index (χ3v) is 3.96. The number of likely N-dealkylation sites (tertiary alicyclic amines) is 1. The van der Waals surface area contributed by atoms with E-state index in [1.807, 2.05) is 18.3 Å². The molecule has 18 heavy (non-hydrogen) atoms. The van der Waals surface area contributed by atoms with Gasteiger partial charge in [0.05, 0.1) is 6.21 Å². The summed E-state index contributed by atoms with van der Waals surface area (Å²) >= 11 is 5.96. The van der Waals surface area contributed by atoms with Crippen molar-refractivity contribution in [2.75, 3.05) is 27.2 Å². The molecule has 0 atom stereocenters. The van der Waals surface area contributed by atoms with Crippen LogP contribution in [-0.2, 0) is 10.3 Å². The highest BCUT2D eigenvalue weighted by atomic mass is 35.5. The number of piperidine rings is 1. The van der Waals surface area contributed by atoms with Crippen molar-refractivity contribution in [3.8, 4) is 0 Å². The van der Waals surface area contributed by atoms with Crippen molar-refractivity contribution in [3.63, 3.8) is 0 Å². The van der Waals surface area contributed by atoms with Crippen LogP contribution in [0.3, 0.4) is 0 Å². The van der Waals surface area contributed by atoms with E-state index >= 15 is 0 Å². The van der Waals surface area contributed by atoms with E-state index in [0.29, 0.717) is 0 Å². The maximum absolute atomic E-state index is 5.96. The second-order valence-electron chi connectivity index (χ2n) is 4.88. The Morgan fingerprint density at radius 2 is 1.89 bits per heavy atom. The summed E-state index contributed by atoms with van der Waals surface area (Å²) in [5, 5.41) is 4.78. The van der Waals surface area contributed by atoms with E-state index in [-0.39, 0.29) is 5.41 Å². The molecule has 0 N–H and O–H groups in total. The third-order valence-electron chi connectivity index (χ3n) is 3.70. The Hall–Kier alpha value is -1.06. The molecular formula is C14H19ClN2O. The first kappa shape index (κ1) is 13.4. The van der Waals surface area contributed by atoms with Gasteiger partial charge in [0.15, 0.2) is 0 Å². The molecule has 1 aromatic rings. The highest BCUT2D eigenvalue weighted by molar-refractivity contribution is 6.30. The molecule has 1 aliphatic rings. The number of hydrogen-bond acceptors (Lipinski definition) is 3. The predicted molar refractivity (Wildman–Crippen MR) is 75.4 cm³/mol. The summed E-state index contributed by atoms with van der Waals surface area (Å²) in [5.41, 5.74) is 1.24. The van der Waals surface area contributed by atoms with Crippen molar-refractivity contribution < 1.29 is 4.84 Å². The number of halogens is 1. The molecule has 98 valence electrons. The average molecular weight is 267 g/mol. The van der Waals surface area contributed by atoms with Crippen molar-refractivity contribution in [2.24, 2.45) is 5.16 Å². The SMILES string of the molecule is CON=CC1(c2ccc(Cl)cc2)CCN(C)CC1.